The topological polar surface area (TPSA) is 41.1 Å². The first-order valence-electron chi connectivity index (χ1n) is 7.04. The molecule has 1 aromatic rings. The van der Waals surface area contributed by atoms with Crippen LogP contribution in [-0.2, 0) is 4.79 Å². The van der Waals surface area contributed by atoms with Crippen LogP contribution in [0.5, 0.6) is 0 Å². The van der Waals surface area contributed by atoms with E-state index in [4.69, 9.17) is 11.6 Å². The first-order chi connectivity index (χ1) is 9.56. The summed E-state index contributed by atoms with van der Waals surface area (Å²) in [4.78, 5) is 11.5. The fourth-order valence-corrected chi connectivity index (χ4v) is 2.39. The van der Waals surface area contributed by atoms with Crippen LogP contribution in [-0.4, -0.2) is 18.5 Å². The van der Waals surface area contributed by atoms with Gasteiger partial charge in [0.25, 0.3) is 0 Å². The highest BCUT2D eigenvalue weighted by Gasteiger charge is 2.22. The lowest BCUT2D eigenvalue weighted by Crippen LogP contribution is -2.27. The first-order valence-corrected chi connectivity index (χ1v) is 7.42. The van der Waals surface area contributed by atoms with Gasteiger partial charge in [-0.2, -0.15) is 0 Å². The van der Waals surface area contributed by atoms with Gasteiger partial charge in [0.1, 0.15) is 5.82 Å². The maximum atomic E-state index is 13.0. The molecule has 1 aliphatic rings. The van der Waals surface area contributed by atoms with Gasteiger partial charge >= 0.3 is 0 Å². The van der Waals surface area contributed by atoms with Gasteiger partial charge in [0.15, 0.2) is 0 Å². The van der Waals surface area contributed by atoms with E-state index in [1.54, 1.807) is 6.07 Å². The highest BCUT2D eigenvalue weighted by molar-refractivity contribution is 6.31. The summed E-state index contributed by atoms with van der Waals surface area (Å²) in [7, 11) is 0. The third-order valence-electron chi connectivity index (χ3n) is 3.40. The van der Waals surface area contributed by atoms with Crippen molar-refractivity contribution in [1.82, 2.24) is 10.6 Å². The molecule has 0 bridgehead atoms. The molecule has 2 rings (SSSR count). The normalized spacial score (nSPS) is 15.9. The van der Waals surface area contributed by atoms with Crippen LogP contribution in [0, 0.1) is 5.82 Å². The molecule has 0 radical (unpaired) electrons. The van der Waals surface area contributed by atoms with Crippen LogP contribution >= 0.6 is 11.6 Å². The van der Waals surface area contributed by atoms with Crippen molar-refractivity contribution in [3.05, 3.63) is 34.6 Å². The molecule has 1 saturated carbocycles. The van der Waals surface area contributed by atoms with Crippen molar-refractivity contribution in [3.8, 4) is 0 Å². The van der Waals surface area contributed by atoms with Crippen LogP contribution < -0.4 is 10.6 Å². The van der Waals surface area contributed by atoms with Crippen LogP contribution in [0.15, 0.2) is 18.2 Å². The number of rotatable bonds is 7. The number of benzene rings is 1. The summed E-state index contributed by atoms with van der Waals surface area (Å²) in [6.45, 7) is 2.70. The number of halogens is 2. The number of carbonyl (C=O) groups excluding carboxylic acids is 1. The van der Waals surface area contributed by atoms with Crippen molar-refractivity contribution in [1.29, 1.82) is 0 Å². The van der Waals surface area contributed by atoms with E-state index in [2.05, 4.69) is 10.6 Å². The molecule has 20 heavy (non-hydrogen) atoms. The number of hydrogen-bond acceptors (Lipinski definition) is 2. The minimum atomic E-state index is -0.331. The lowest BCUT2D eigenvalue weighted by atomic mass is 10.1. The Bertz CT molecular complexity index is 477. The maximum Gasteiger partial charge on any atom is 0.220 e. The number of hydrogen-bond donors (Lipinski definition) is 2. The molecule has 1 unspecified atom stereocenters. The standard InChI is InChI=1S/C15H20ClFN2O/c1-10(13-7-4-11(17)9-14(13)16)18-8-2-3-15(20)19-12-5-6-12/h4,7,9-10,12,18H,2-3,5-6,8H2,1H3,(H,19,20). The number of nitrogens with one attached hydrogen (secondary N) is 2. The van der Waals surface area contributed by atoms with Crippen molar-refractivity contribution in [2.24, 2.45) is 0 Å². The molecular weight excluding hydrogens is 279 g/mol. The Labute approximate surface area is 123 Å². The van der Waals surface area contributed by atoms with E-state index in [1.807, 2.05) is 6.92 Å². The molecule has 0 spiro atoms. The lowest BCUT2D eigenvalue weighted by molar-refractivity contribution is -0.121. The molecule has 1 fully saturated rings. The smallest absolute Gasteiger partial charge is 0.220 e. The van der Waals surface area contributed by atoms with Gasteiger partial charge in [-0.25, -0.2) is 4.39 Å². The van der Waals surface area contributed by atoms with Gasteiger partial charge in [-0.05, 0) is 50.4 Å². The molecule has 0 heterocycles. The third kappa shape index (κ3) is 4.76. The molecule has 0 aromatic heterocycles. The van der Waals surface area contributed by atoms with E-state index in [-0.39, 0.29) is 17.8 Å². The summed E-state index contributed by atoms with van der Waals surface area (Å²) in [6, 6.07) is 4.87. The Morgan fingerprint density at radius 1 is 1.50 bits per heavy atom. The van der Waals surface area contributed by atoms with Gasteiger partial charge in [-0.1, -0.05) is 17.7 Å². The quantitative estimate of drug-likeness (QED) is 0.759. The average molecular weight is 299 g/mol. The van der Waals surface area contributed by atoms with E-state index in [1.165, 1.54) is 12.1 Å². The molecule has 1 atom stereocenters. The zero-order chi connectivity index (χ0) is 14.5. The van der Waals surface area contributed by atoms with Gasteiger partial charge in [0.2, 0.25) is 5.91 Å². The van der Waals surface area contributed by atoms with Gasteiger partial charge in [0, 0.05) is 23.5 Å². The molecule has 0 saturated heterocycles. The van der Waals surface area contributed by atoms with Gasteiger partial charge in [-0.3, -0.25) is 4.79 Å². The van der Waals surface area contributed by atoms with Crippen molar-refractivity contribution in [2.45, 2.75) is 44.7 Å². The summed E-state index contributed by atoms with van der Waals surface area (Å²) < 4.78 is 13.0. The summed E-state index contributed by atoms with van der Waals surface area (Å²) in [5.74, 6) is -0.204. The van der Waals surface area contributed by atoms with Crippen LogP contribution in [0.1, 0.15) is 44.2 Å². The SMILES string of the molecule is CC(NCCCC(=O)NC1CC1)c1ccc(F)cc1Cl. The fourth-order valence-electron chi connectivity index (χ4n) is 2.06. The summed E-state index contributed by atoms with van der Waals surface area (Å²) in [6.07, 6.45) is 3.54. The van der Waals surface area contributed by atoms with E-state index < -0.39 is 0 Å². The van der Waals surface area contributed by atoms with Crippen LogP contribution in [0.3, 0.4) is 0 Å². The van der Waals surface area contributed by atoms with Crippen molar-refractivity contribution in [3.63, 3.8) is 0 Å². The van der Waals surface area contributed by atoms with Crippen LogP contribution in [0.25, 0.3) is 0 Å². The largest absolute Gasteiger partial charge is 0.353 e. The predicted octanol–water partition coefficient (Wildman–Crippen LogP) is 3.19. The second kappa shape index (κ2) is 7.04. The molecule has 2 N–H and O–H groups in total. The van der Waals surface area contributed by atoms with Crippen LogP contribution in [0.2, 0.25) is 5.02 Å². The average Bonchev–Trinajstić information content (AvgIpc) is 3.18. The van der Waals surface area contributed by atoms with Gasteiger partial charge in [0.05, 0.1) is 0 Å². The zero-order valence-corrected chi connectivity index (χ0v) is 12.3. The van der Waals surface area contributed by atoms with Crippen molar-refractivity contribution in [2.75, 3.05) is 6.54 Å². The Balaban J connectivity index is 1.68. The molecule has 110 valence electrons. The molecule has 1 amide bonds. The van der Waals surface area contributed by atoms with E-state index >= 15 is 0 Å². The number of amides is 1. The molecule has 0 aliphatic heterocycles. The molecule has 5 heteroatoms. The van der Waals surface area contributed by atoms with E-state index in [9.17, 15) is 9.18 Å². The maximum absolute atomic E-state index is 13.0. The summed E-state index contributed by atoms with van der Waals surface area (Å²) >= 11 is 6.01. The Kier molecular flexibility index (Phi) is 5.38. The van der Waals surface area contributed by atoms with Crippen molar-refractivity contribution < 1.29 is 9.18 Å². The Morgan fingerprint density at radius 3 is 2.90 bits per heavy atom. The molecule has 1 aliphatic carbocycles. The van der Waals surface area contributed by atoms with Gasteiger partial charge in [-0.15, -0.1) is 0 Å². The Hall–Kier alpha value is -1.13. The van der Waals surface area contributed by atoms with E-state index in [0.717, 1.165) is 31.4 Å². The Morgan fingerprint density at radius 2 is 2.25 bits per heavy atom. The van der Waals surface area contributed by atoms with E-state index in [0.29, 0.717) is 17.5 Å². The first kappa shape index (κ1) is 15.3. The second-order valence-electron chi connectivity index (χ2n) is 5.29. The zero-order valence-electron chi connectivity index (χ0n) is 11.6. The highest BCUT2D eigenvalue weighted by atomic mass is 35.5. The predicted molar refractivity (Wildman–Crippen MR) is 78.2 cm³/mol. The highest BCUT2D eigenvalue weighted by Crippen LogP contribution is 2.23. The monoisotopic (exact) mass is 298 g/mol. The summed E-state index contributed by atoms with van der Waals surface area (Å²) in [5.41, 5.74) is 0.871. The summed E-state index contributed by atoms with van der Waals surface area (Å²) in [5, 5.41) is 6.68. The number of carbonyl (C=O) groups is 1. The molecule has 1 aromatic carbocycles. The minimum absolute atomic E-state index is 0.0367. The molecular formula is C15H20ClFN2O. The van der Waals surface area contributed by atoms with Crippen molar-refractivity contribution >= 4 is 17.5 Å². The fraction of sp³-hybridized carbons (Fsp3) is 0.533. The third-order valence-corrected chi connectivity index (χ3v) is 3.73. The lowest BCUT2D eigenvalue weighted by Gasteiger charge is -2.15. The van der Waals surface area contributed by atoms with Crippen LogP contribution in [0.4, 0.5) is 4.39 Å². The second-order valence-corrected chi connectivity index (χ2v) is 5.69. The minimum Gasteiger partial charge on any atom is -0.353 e. The van der Waals surface area contributed by atoms with Gasteiger partial charge < -0.3 is 10.6 Å². The molecule has 3 nitrogen and oxygen atoms in total.